The predicted molar refractivity (Wildman–Crippen MR) is 60.7 cm³/mol. The van der Waals surface area contributed by atoms with Crippen LogP contribution in [0, 0.1) is 0 Å². The number of hydrogen-bond acceptors (Lipinski definition) is 3. The largest absolute Gasteiger partial charge is 0.461 e. The molecule has 88 valence electrons. The molecule has 0 aromatic carbocycles. The van der Waals surface area contributed by atoms with Crippen LogP contribution in [0.15, 0.2) is 0 Å². The summed E-state index contributed by atoms with van der Waals surface area (Å²) in [5.41, 5.74) is 0. The Hall–Kier alpha value is -0.570. The lowest BCUT2D eigenvalue weighted by atomic mass is 9.98. The van der Waals surface area contributed by atoms with E-state index in [-0.39, 0.29) is 12.1 Å². The molecule has 1 fully saturated rings. The summed E-state index contributed by atoms with van der Waals surface area (Å²) in [6.07, 6.45) is 7.03. The van der Waals surface area contributed by atoms with Crippen LogP contribution in [0.3, 0.4) is 0 Å². The number of nitrogens with one attached hydrogen (secondary N) is 1. The molecule has 0 amide bonds. The highest BCUT2D eigenvalue weighted by Crippen LogP contribution is 2.20. The molecule has 0 aromatic rings. The fraction of sp³-hybridized carbons (Fsp3) is 0.917. The Morgan fingerprint density at radius 2 is 2.07 bits per heavy atom. The van der Waals surface area contributed by atoms with Gasteiger partial charge in [0.1, 0.15) is 6.10 Å². The average Bonchev–Trinajstić information content (AvgIpc) is 2.27. The van der Waals surface area contributed by atoms with Gasteiger partial charge in [0.05, 0.1) is 6.54 Å². The molecule has 0 bridgehead atoms. The Morgan fingerprint density at radius 3 is 2.67 bits per heavy atom. The molecule has 1 rings (SSSR count). The van der Waals surface area contributed by atoms with Crippen LogP contribution in [0.4, 0.5) is 0 Å². The molecule has 1 aliphatic carbocycles. The zero-order chi connectivity index (χ0) is 11.1. The molecule has 3 heteroatoms. The number of carbonyl (C=O) groups is 1. The first kappa shape index (κ1) is 12.5. The summed E-state index contributed by atoms with van der Waals surface area (Å²) in [5, 5.41) is 3.15. The molecular formula is C12H23NO2. The zero-order valence-electron chi connectivity index (χ0n) is 9.92. The van der Waals surface area contributed by atoms with Crippen LogP contribution in [0.2, 0.25) is 0 Å². The van der Waals surface area contributed by atoms with Crippen molar-refractivity contribution < 1.29 is 9.53 Å². The Bertz CT molecular complexity index is 188. The molecule has 1 atom stereocenters. The maximum atomic E-state index is 11.4. The molecule has 15 heavy (non-hydrogen) atoms. The van der Waals surface area contributed by atoms with Crippen molar-refractivity contribution in [2.24, 2.45) is 0 Å². The highest BCUT2D eigenvalue weighted by atomic mass is 16.5. The predicted octanol–water partition coefficient (Wildman–Crippen LogP) is 2.25. The second-order valence-electron chi connectivity index (χ2n) is 4.44. The van der Waals surface area contributed by atoms with E-state index < -0.39 is 0 Å². The van der Waals surface area contributed by atoms with Gasteiger partial charge in [-0.25, -0.2) is 0 Å². The van der Waals surface area contributed by atoms with Gasteiger partial charge in [0, 0.05) is 6.04 Å². The van der Waals surface area contributed by atoms with Crippen LogP contribution >= 0.6 is 0 Å². The van der Waals surface area contributed by atoms with E-state index in [0.717, 1.165) is 19.3 Å². The summed E-state index contributed by atoms with van der Waals surface area (Å²) in [6, 6.07) is 0.393. The van der Waals surface area contributed by atoms with Crippen molar-refractivity contribution in [3.8, 4) is 0 Å². The molecule has 0 spiro atoms. The van der Waals surface area contributed by atoms with Gasteiger partial charge in [-0.3, -0.25) is 4.79 Å². The van der Waals surface area contributed by atoms with Crippen molar-refractivity contribution >= 4 is 5.97 Å². The Kier molecular flexibility index (Phi) is 5.69. The van der Waals surface area contributed by atoms with Crippen LogP contribution in [-0.2, 0) is 9.53 Å². The molecule has 0 radical (unpaired) electrons. The molecule has 1 aliphatic rings. The highest BCUT2D eigenvalue weighted by molar-refractivity contribution is 5.71. The lowest BCUT2D eigenvalue weighted by molar-refractivity contribution is -0.149. The number of esters is 1. The van der Waals surface area contributed by atoms with Gasteiger partial charge in [-0.05, 0) is 39.0 Å². The zero-order valence-corrected chi connectivity index (χ0v) is 9.92. The third-order valence-corrected chi connectivity index (χ3v) is 3.06. The Labute approximate surface area is 92.6 Å². The van der Waals surface area contributed by atoms with Crippen molar-refractivity contribution in [3.63, 3.8) is 0 Å². The Balaban J connectivity index is 2.11. The summed E-state index contributed by atoms with van der Waals surface area (Å²) in [5.74, 6) is -0.0952. The summed E-state index contributed by atoms with van der Waals surface area (Å²) in [4.78, 5) is 11.4. The van der Waals surface area contributed by atoms with Gasteiger partial charge in [-0.15, -0.1) is 0 Å². The van der Waals surface area contributed by atoms with E-state index in [1.165, 1.54) is 19.3 Å². The lowest BCUT2D eigenvalue weighted by Crippen LogP contribution is -2.34. The summed E-state index contributed by atoms with van der Waals surface area (Å²) < 4.78 is 5.38. The van der Waals surface area contributed by atoms with Crippen molar-refractivity contribution in [1.82, 2.24) is 5.32 Å². The monoisotopic (exact) mass is 213 g/mol. The number of ether oxygens (including phenoxy) is 1. The van der Waals surface area contributed by atoms with E-state index in [2.05, 4.69) is 19.2 Å². The summed E-state index contributed by atoms with van der Waals surface area (Å²) in [7, 11) is 0. The Morgan fingerprint density at radius 1 is 1.40 bits per heavy atom. The fourth-order valence-electron chi connectivity index (χ4n) is 1.81. The quantitative estimate of drug-likeness (QED) is 0.712. The van der Waals surface area contributed by atoms with E-state index in [1.54, 1.807) is 0 Å². The van der Waals surface area contributed by atoms with Gasteiger partial charge in [0.25, 0.3) is 0 Å². The van der Waals surface area contributed by atoms with E-state index in [4.69, 9.17) is 4.74 Å². The maximum Gasteiger partial charge on any atom is 0.320 e. The van der Waals surface area contributed by atoms with Crippen molar-refractivity contribution in [2.45, 2.75) is 64.5 Å². The van der Waals surface area contributed by atoms with Crippen LogP contribution in [0.5, 0.6) is 0 Å². The van der Waals surface area contributed by atoms with Gasteiger partial charge in [-0.2, -0.15) is 0 Å². The first-order valence-corrected chi connectivity index (χ1v) is 6.15. The first-order valence-electron chi connectivity index (χ1n) is 6.15. The minimum Gasteiger partial charge on any atom is -0.461 e. The van der Waals surface area contributed by atoms with Crippen LogP contribution < -0.4 is 5.32 Å². The second-order valence-corrected chi connectivity index (χ2v) is 4.44. The van der Waals surface area contributed by atoms with E-state index in [9.17, 15) is 4.79 Å². The minimum atomic E-state index is -0.0952. The van der Waals surface area contributed by atoms with Crippen molar-refractivity contribution in [2.75, 3.05) is 6.54 Å². The van der Waals surface area contributed by atoms with Crippen LogP contribution in [0.25, 0.3) is 0 Å². The standard InChI is InChI=1S/C12H23NO2/c1-3-10(2)13-9-12(14)15-11-7-5-4-6-8-11/h10-11,13H,3-9H2,1-2H3. The SMILES string of the molecule is CCC(C)NCC(=O)OC1CCCCC1. The number of carbonyl (C=O) groups excluding carboxylic acids is 1. The fourth-order valence-corrected chi connectivity index (χ4v) is 1.81. The molecule has 0 saturated heterocycles. The third kappa shape index (κ3) is 5.17. The average molecular weight is 213 g/mol. The van der Waals surface area contributed by atoms with Gasteiger partial charge >= 0.3 is 5.97 Å². The van der Waals surface area contributed by atoms with E-state index in [0.29, 0.717) is 12.6 Å². The molecule has 0 aliphatic heterocycles. The second kappa shape index (κ2) is 6.83. The molecule has 3 nitrogen and oxygen atoms in total. The lowest BCUT2D eigenvalue weighted by Gasteiger charge is -2.22. The van der Waals surface area contributed by atoms with Gasteiger partial charge in [-0.1, -0.05) is 13.3 Å². The molecule has 0 heterocycles. The smallest absolute Gasteiger partial charge is 0.320 e. The first-order chi connectivity index (χ1) is 7.22. The molecule has 0 aromatic heterocycles. The molecule has 1 saturated carbocycles. The maximum absolute atomic E-state index is 11.4. The van der Waals surface area contributed by atoms with Gasteiger partial charge < -0.3 is 10.1 Å². The molecular weight excluding hydrogens is 190 g/mol. The van der Waals surface area contributed by atoms with Gasteiger partial charge in [0.2, 0.25) is 0 Å². The van der Waals surface area contributed by atoms with Crippen LogP contribution in [-0.4, -0.2) is 24.7 Å². The third-order valence-electron chi connectivity index (χ3n) is 3.06. The van der Waals surface area contributed by atoms with Crippen LogP contribution in [0.1, 0.15) is 52.4 Å². The summed E-state index contributed by atoms with van der Waals surface area (Å²) in [6.45, 7) is 4.53. The van der Waals surface area contributed by atoms with E-state index in [1.807, 2.05) is 0 Å². The van der Waals surface area contributed by atoms with Crippen molar-refractivity contribution in [1.29, 1.82) is 0 Å². The molecule has 1 N–H and O–H groups in total. The minimum absolute atomic E-state index is 0.0952. The number of rotatable bonds is 5. The normalized spacial score (nSPS) is 19.9. The topological polar surface area (TPSA) is 38.3 Å². The highest BCUT2D eigenvalue weighted by Gasteiger charge is 2.17. The van der Waals surface area contributed by atoms with Gasteiger partial charge in [0.15, 0.2) is 0 Å². The number of hydrogen-bond donors (Lipinski definition) is 1. The van der Waals surface area contributed by atoms with E-state index >= 15 is 0 Å². The summed E-state index contributed by atoms with van der Waals surface area (Å²) >= 11 is 0. The van der Waals surface area contributed by atoms with Crippen molar-refractivity contribution in [3.05, 3.63) is 0 Å². The molecule has 1 unspecified atom stereocenters.